The fourth-order valence-electron chi connectivity index (χ4n) is 2.98. The standard InChI is InChI=1S/C19H17N5O3S/c1-24-8-7-19(26,18(24)25)6-5-11-3-4-13(27-2)12(9-11)16-23-14-15(20)21-10-22-17(14)28-16/h3-4,9-10,26H,7-8H2,1-2H3,(H2,20,21,22)/t19-/m0/s1. The average molecular weight is 395 g/mol. The minimum Gasteiger partial charge on any atom is -0.496 e. The van der Waals surface area contributed by atoms with Crippen molar-refractivity contribution < 1.29 is 14.6 Å². The molecule has 1 saturated heterocycles. The lowest BCUT2D eigenvalue weighted by Gasteiger charge is -2.13. The number of hydrogen-bond donors (Lipinski definition) is 2. The van der Waals surface area contributed by atoms with Crippen molar-refractivity contribution >= 4 is 33.4 Å². The second-order valence-electron chi connectivity index (χ2n) is 6.43. The molecule has 0 aliphatic carbocycles. The second-order valence-corrected chi connectivity index (χ2v) is 7.41. The Bertz CT molecular complexity index is 1150. The molecule has 1 atom stereocenters. The van der Waals surface area contributed by atoms with Crippen molar-refractivity contribution in [1.29, 1.82) is 0 Å². The van der Waals surface area contributed by atoms with Crippen molar-refractivity contribution in [2.45, 2.75) is 12.0 Å². The van der Waals surface area contributed by atoms with Crippen molar-refractivity contribution in [2.24, 2.45) is 0 Å². The van der Waals surface area contributed by atoms with Gasteiger partial charge in [-0.25, -0.2) is 15.0 Å². The van der Waals surface area contributed by atoms with Crippen LogP contribution in [0.2, 0.25) is 0 Å². The second kappa shape index (κ2) is 6.74. The Morgan fingerprint density at radius 3 is 2.89 bits per heavy atom. The largest absolute Gasteiger partial charge is 0.496 e. The number of methoxy groups -OCH3 is 1. The molecule has 1 aliphatic heterocycles. The number of nitrogens with zero attached hydrogens (tertiary/aromatic N) is 4. The van der Waals surface area contributed by atoms with Gasteiger partial charge < -0.3 is 20.5 Å². The van der Waals surface area contributed by atoms with Gasteiger partial charge in [0.15, 0.2) is 5.82 Å². The van der Waals surface area contributed by atoms with Crippen LogP contribution in [0, 0.1) is 11.8 Å². The molecule has 9 heteroatoms. The molecule has 3 heterocycles. The fraction of sp³-hybridized carbons (Fsp3) is 0.263. The Labute approximate surface area is 165 Å². The molecular weight excluding hydrogens is 378 g/mol. The Balaban J connectivity index is 1.76. The predicted molar refractivity (Wildman–Crippen MR) is 106 cm³/mol. The van der Waals surface area contributed by atoms with Crippen LogP contribution in [-0.2, 0) is 4.79 Å². The molecule has 1 amide bonds. The van der Waals surface area contributed by atoms with Gasteiger partial charge in [0.2, 0.25) is 5.60 Å². The molecule has 0 saturated carbocycles. The van der Waals surface area contributed by atoms with E-state index in [9.17, 15) is 9.90 Å². The van der Waals surface area contributed by atoms with Crippen LogP contribution in [0.15, 0.2) is 24.5 Å². The van der Waals surface area contributed by atoms with Gasteiger partial charge in [-0.15, -0.1) is 0 Å². The first-order chi connectivity index (χ1) is 13.4. The first kappa shape index (κ1) is 18.2. The maximum absolute atomic E-state index is 12.1. The van der Waals surface area contributed by atoms with E-state index in [2.05, 4.69) is 26.8 Å². The van der Waals surface area contributed by atoms with Crippen molar-refractivity contribution in [3.8, 4) is 28.2 Å². The minimum absolute atomic E-state index is 0.286. The lowest BCUT2D eigenvalue weighted by Crippen LogP contribution is -2.37. The van der Waals surface area contributed by atoms with E-state index in [1.807, 2.05) is 0 Å². The van der Waals surface area contributed by atoms with E-state index in [0.29, 0.717) is 39.0 Å². The Morgan fingerprint density at radius 2 is 2.21 bits per heavy atom. The molecule has 3 aromatic rings. The van der Waals surface area contributed by atoms with Crippen LogP contribution in [0.3, 0.4) is 0 Å². The number of ether oxygens (including phenoxy) is 1. The molecule has 1 aliphatic rings. The summed E-state index contributed by atoms with van der Waals surface area (Å²) in [6.07, 6.45) is 1.68. The third-order valence-corrected chi connectivity index (χ3v) is 5.57. The maximum Gasteiger partial charge on any atom is 0.267 e. The summed E-state index contributed by atoms with van der Waals surface area (Å²) in [5.41, 5.74) is 6.12. The number of likely N-dealkylation sites (N-methyl/N-ethyl adjacent to an activating group) is 1. The summed E-state index contributed by atoms with van der Waals surface area (Å²) < 4.78 is 5.45. The number of aliphatic hydroxyl groups is 1. The molecule has 0 radical (unpaired) electrons. The monoisotopic (exact) mass is 395 g/mol. The normalized spacial score (nSPS) is 19.0. The maximum atomic E-state index is 12.1. The molecule has 142 valence electrons. The first-order valence-electron chi connectivity index (χ1n) is 8.48. The van der Waals surface area contributed by atoms with Gasteiger partial charge >= 0.3 is 0 Å². The number of amides is 1. The molecular formula is C19H17N5O3S. The third-order valence-electron chi connectivity index (χ3n) is 4.58. The average Bonchev–Trinajstić information content (AvgIpc) is 3.25. The van der Waals surface area contributed by atoms with E-state index in [4.69, 9.17) is 10.5 Å². The molecule has 4 rings (SSSR count). The number of likely N-dealkylation sites (tertiary alicyclic amines) is 1. The highest BCUT2D eigenvalue weighted by Gasteiger charge is 2.42. The van der Waals surface area contributed by atoms with Crippen LogP contribution < -0.4 is 10.5 Å². The number of rotatable bonds is 2. The number of carbonyl (C=O) groups excluding carboxylic acids is 1. The highest BCUT2D eigenvalue weighted by atomic mass is 32.1. The van der Waals surface area contributed by atoms with E-state index in [1.54, 1.807) is 32.4 Å². The van der Waals surface area contributed by atoms with Crippen molar-refractivity contribution in [2.75, 3.05) is 26.4 Å². The Morgan fingerprint density at radius 1 is 1.39 bits per heavy atom. The van der Waals surface area contributed by atoms with Gasteiger partial charge in [0.1, 0.15) is 27.4 Å². The van der Waals surface area contributed by atoms with Crippen LogP contribution >= 0.6 is 11.3 Å². The van der Waals surface area contributed by atoms with E-state index in [0.717, 1.165) is 5.56 Å². The summed E-state index contributed by atoms with van der Waals surface area (Å²) in [6.45, 7) is 0.478. The molecule has 28 heavy (non-hydrogen) atoms. The van der Waals surface area contributed by atoms with Crippen molar-refractivity contribution in [1.82, 2.24) is 19.9 Å². The molecule has 2 aromatic heterocycles. The first-order valence-corrected chi connectivity index (χ1v) is 9.29. The quantitative estimate of drug-likeness (QED) is 0.628. The SMILES string of the molecule is COc1ccc(C#C[C@]2(O)CCN(C)C2=O)cc1-c1nc2c(N)ncnc2s1. The molecule has 1 aromatic carbocycles. The van der Waals surface area contributed by atoms with Crippen LogP contribution in [0.4, 0.5) is 5.82 Å². The smallest absolute Gasteiger partial charge is 0.267 e. The molecule has 8 nitrogen and oxygen atoms in total. The summed E-state index contributed by atoms with van der Waals surface area (Å²) in [5.74, 6) is 6.18. The number of anilines is 1. The van der Waals surface area contributed by atoms with Gasteiger partial charge in [-0.3, -0.25) is 4.79 Å². The number of hydrogen-bond acceptors (Lipinski definition) is 8. The number of carbonyl (C=O) groups is 1. The fourth-order valence-corrected chi connectivity index (χ4v) is 3.92. The zero-order valence-electron chi connectivity index (χ0n) is 15.3. The lowest BCUT2D eigenvalue weighted by molar-refractivity contribution is -0.137. The zero-order valence-corrected chi connectivity index (χ0v) is 16.1. The molecule has 0 bridgehead atoms. The van der Waals surface area contributed by atoms with E-state index < -0.39 is 5.60 Å². The van der Waals surface area contributed by atoms with Crippen molar-refractivity contribution in [3.63, 3.8) is 0 Å². The van der Waals surface area contributed by atoms with Crippen LogP contribution in [0.1, 0.15) is 12.0 Å². The van der Waals surface area contributed by atoms with Gasteiger partial charge in [-0.2, -0.15) is 0 Å². The zero-order chi connectivity index (χ0) is 19.9. The molecule has 0 unspecified atom stereocenters. The Hall–Kier alpha value is -3.22. The third kappa shape index (κ3) is 3.02. The number of thiazole rings is 1. The van der Waals surface area contributed by atoms with Crippen molar-refractivity contribution in [3.05, 3.63) is 30.1 Å². The Kier molecular flexibility index (Phi) is 4.37. The molecule has 1 fully saturated rings. The van der Waals surface area contributed by atoms with Crippen LogP contribution in [0.25, 0.3) is 20.9 Å². The van der Waals surface area contributed by atoms with Gasteiger partial charge in [0.25, 0.3) is 5.91 Å². The predicted octanol–water partition coefficient (Wildman–Crippen LogP) is 1.29. The van der Waals surface area contributed by atoms with Crippen LogP contribution in [-0.4, -0.2) is 57.2 Å². The molecule has 3 N–H and O–H groups in total. The van der Waals surface area contributed by atoms with Gasteiger partial charge in [-0.05, 0) is 18.2 Å². The highest BCUT2D eigenvalue weighted by Crippen LogP contribution is 2.36. The van der Waals surface area contributed by atoms with Gasteiger partial charge in [0.05, 0.1) is 12.7 Å². The van der Waals surface area contributed by atoms with E-state index >= 15 is 0 Å². The number of nitrogen functional groups attached to an aromatic ring is 1. The lowest BCUT2D eigenvalue weighted by atomic mass is 10.0. The van der Waals surface area contributed by atoms with Gasteiger partial charge in [0, 0.05) is 25.6 Å². The molecule has 0 spiro atoms. The number of fused-ring (bicyclic) bond motifs is 1. The van der Waals surface area contributed by atoms with E-state index in [-0.39, 0.29) is 12.3 Å². The summed E-state index contributed by atoms with van der Waals surface area (Å²) in [7, 11) is 3.22. The minimum atomic E-state index is -1.64. The summed E-state index contributed by atoms with van der Waals surface area (Å²) in [6, 6.07) is 5.34. The summed E-state index contributed by atoms with van der Waals surface area (Å²) >= 11 is 1.37. The van der Waals surface area contributed by atoms with E-state index in [1.165, 1.54) is 22.6 Å². The summed E-state index contributed by atoms with van der Waals surface area (Å²) in [5, 5.41) is 11.1. The topological polar surface area (TPSA) is 114 Å². The highest BCUT2D eigenvalue weighted by molar-refractivity contribution is 7.21. The number of aromatic nitrogens is 3. The summed E-state index contributed by atoms with van der Waals surface area (Å²) in [4.78, 5) is 26.9. The van der Waals surface area contributed by atoms with Gasteiger partial charge in [-0.1, -0.05) is 23.2 Å². The number of nitrogens with two attached hydrogens (primary N) is 1. The van der Waals surface area contributed by atoms with Crippen LogP contribution in [0.5, 0.6) is 5.75 Å². The number of benzene rings is 1.